The average molecular weight is 270 g/mol. The lowest BCUT2D eigenvalue weighted by molar-refractivity contribution is -0.138. The first kappa shape index (κ1) is 15.7. The van der Waals surface area contributed by atoms with Gasteiger partial charge in [0.1, 0.15) is 5.16 Å². The summed E-state index contributed by atoms with van der Waals surface area (Å²) in [6.07, 6.45) is -3.85. The first-order chi connectivity index (χ1) is 7.73. The van der Waals surface area contributed by atoms with Crippen molar-refractivity contribution in [3.8, 4) is 0 Å². The van der Waals surface area contributed by atoms with Gasteiger partial charge in [-0.15, -0.1) is 0 Å². The normalized spacial score (nSPS) is 13.5. The molecule has 0 aromatic heterocycles. The number of hydrogen-bond acceptors (Lipinski definition) is 3. The molecule has 0 unspecified atom stereocenters. The van der Waals surface area contributed by atoms with E-state index in [1.54, 1.807) is 0 Å². The Hall–Kier alpha value is -1.30. The van der Waals surface area contributed by atoms with Crippen LogP contribution in [-0.2, 0) is 9.53 Å². The third kappa shape index (κ3) is 5.04. The van der Waals surface area contributed by atoms with Crippen molar-refractivity contribution in [2.45, 2.75) is 20.0 Å². The summed E-state index contributed by atoms with van der Waals surface area (Å²) >= 11 is 5.20. The smallest absolute Gasteiger partial charge is 0.434 e. The molecule has 0 aromatic carbocycles. The molecule has 0 aromatic rings. The van der Waals surface area contributed by atoms with Gasteiger partial charge in [0.15, 0.2) is 5.71 Å². The van der Waals surface area contributed by atoms with Gasteiger partial charge in [-0.05, 0) is 13.8 Å². The van der Waals surface area contributed by atoms with Crippen LogP contribution >= 0.6 is 11.6 Å². The number of alkyl halides is 3. The number of allylic oxidation sites excluding steroid dienone is 1. The lowest BCUT2D eigenvalue weighted by atomic mass is 10.1. The number of carbonyl (C=O) groups excluding carboxylic acids is 1. The average Bonchev–Trinajstić information content (AvgIpc) is 2.15. The number of rotatable bonds is 4. The lowest BCUT2D eigenvalue weighted by Gasteiger charge is -2.12. The van der Waals surface area contributed by atoms with Crippen LogP contribution in [-0.4, -0.2) is 24.5 Å². The number of halogens is 4. The predicted molar refractivity (Wildman–Crippen MR) is 58.9 cm³/mol. The van der Waals surface area contributed by atoms with Crippen molar-refractivity contribution < 1.29 is 22.7 Å². The van der Waals surface area contributed by atoms with Gasteiger partial charge in [-0.3, -0.25) is 0 Å². The van der Waals surface area contributed by atoms with Gasteiger partial charge in [0.25, 0.3) is 0 Å². The lowest BCUT2D eigenvalue weighted by Crippen LogP contribution is -2.29. The fraction of sp³-hybridized carbons (Fsp3) is 0.400. The number of ether oxygens (including phenoxy) is 1. The molecular formula is C10H11ClF3NO2. The van der Waals surface area contributed by atoms with E-state index in [0.29, 0.717) is 0 Å². The predicted octanol–water partition coefficient (Wildman–Crippen LogP) is 3.21. The monoisotopic (exact) mass is 269 g/mol. The molecule has 7 heteroatoms. The van der Waals surface area contributed by atoms with Crippen molar-refractivity contribution >= 4 is 23.3 Å². The van der Waals surface area contributed by atoms with E-state index in [1.165, 1.54) is 13.8 Å². The molecular weight excluding hydrogens is 259 g/mol. The molecule has 0 aliphatic heterocycles. The van der Waals surface area contributed by atoms with Gasteiger partial charge < -0.3 is 4.74 Å². The molecule has 0 bridgehead atoms. The number of hydrogen-bond donors (Lipinski definition) is 0. The van der Waals surface area contributed by atoms with Crippen LogP contribution in [0.25, 0.3) is 0 Å². The summed E-state index contributed by atoms with van der Waals surface area (Å²) in [5.41, 5.74) is -2.11. The Labute approximate surface area is 102 Å². The summed E-state index contributed by atoms with van der Waals surface area (Å²) in [5, 5.41) is -0.569. The Balaban J connectivity index is 5.46. The van der Waals surface area contributed by atoms with Crippen molar-refractivity contribution in [2.75, 3.05) is 6.61 Å². The minimum absolute atomic E-state index is 0.0386. The summed E-state index contributed by atoms with van der Waals surface area (Å²) in [6, 6.07) is 0. The molecule has 3 nitrogen and oxygen atoms in total. The summed E-state index contributed by atoms with van der Waals surface area (Å²) in [6.45, 7) is 5.74. The summed E-state index contributed by atoms with van der Waals surface area (Å²) in [7, 11) is 0. The summed E-state index contributed by atoms with van der Waals surface area (Å²) < 4.78 is 42.4. The Morgan fingerprint density at radius 1 is 1.53 bits per heavy atom. The van der Waals surface area contributed by atoms with Crippen LogP contribution in [0, 0.1) is 0 Å². The highest BCUT2D eigenvalue weighted by Crippen LogP contribution is 2.24. The van der Waals surface area contributed by atoms with E-state index in [2.05, 4.69) is 16.3 Å². The maximum Gasteiger partial charge on any atom is 0.434 e. The molecule has 0 fully saturated rings. The minimum Gasteiger partial charge on any atom is -0.462 e. The van der Waals surface area contributed by atoms with Gasteiger partial charge >= 0.3 is 12.1 Å². The van der Waals surface area contributed by atoms with Crippen molar-refractivity contribution in [1.29, 1.82) is 0 Å². The SMILES string of the molecule is C=C(Cl)/N=C(\C(=C/C)C(=O)OCC)C(F)(F)F. The largest absolute Gasteiger partial charge is 0.462 e. The zero-order valence-electron chi connectivity index (χ0n) is 9.27. The first-order valence-electron chi connectivity index (χ1n) is 4.58. The van der Waals surface area contributed by atoms with Gasteiger partial charge in [0.2, 0.25) is 0 Å². The topological polar surface area (TPSA) is 38.7 Å². The fourth-order valence-corrected chi connectivity index (χ4v) is 1.04. The van der Waals surface area contributed by atoms with E-state index in [0.717, 1.165) is 6.08 Å². The molecule has 17 heavy (non-hydrogen) atoms. The molecule has 0 aliphatic rings. The Morgan fingerprint density at radius 2 is 2.06 bits per heavy atom. The molecule has 0 heterocycles. The highest BCUT2D eigenvalue weighted by Gasteiger charge is 2.40. The van der Waals surface area contributed by atoms with E-state index in [9.17, 15) is 18.0 Å². The van der Waals surface area contributed by atoms with Crippen LogP contribution in [0.5, 0.6) is 0 Å². The maximum absolute atomic E-state index is 12.6. The van der Waals surface area contributed by atoms with Crippen molar-refractivity contribution in [2.24, 2.45) is 4.99 Å². The van der Waals surface area contributed by atoms with E-state index in [4.69, 9.17) is 11.6 Å². The van der Waals surface area contributed by atoms with Crippen molar-refractivity contribution in [3.05, 3.63) is 23.4 Å². The molecule has 0 N–H and O–H groups in total. The van der Waals surface area contributed by atoms with E-state index in [1.807, 2.05) is 0 Å². The highest BCUT2D eigenvalue weighted by molar-refractivity contribution is 6.31. The molecule has 0 saturated heterocycles. The van der Waals surface area contributed by atoms with Gasteiger partial charge in [0.05, 0.1) is 12.2 Å². The summed E-state index contributed by atoms with van der Waals surface area (Å²) in [4.78, 5) is 14.3. The number of nitrogens with zero attached hydrogens (tertiary/aromatic N) is 1. The van der Waals surface area contributed by atoms with Crippen LogP contribution in [0.4, 0.5) is 13.2 Å². The Morgan fingerprint density at radius 3 is 2.35 bits per heavy atom. The summed E-state index contributed by atoms with van der Waals surface area (Å²) in [5.74, 6) is -1.11. The molecule has 0 rings (SSSR count). The van der Waals surface area contributed by atoms with Crippen LogP contribution in [0.3, 0.4) is 0 Å². The Bertz CT molecular complexity index is 372. The molecule has 96 valence electrons. The second-order valence-corrected chi connectivity index (χ2v) is 3.19. The minimum atomic E-state index is -4.81. The maximum atomic E-state index is 12.6. The Kier molecular flexibility index (Phi) is 5.95. The van der Waals surface area contributed by atoms with Crippen LogP contribution in [0.2, 0.25) is 0 Å². The zero-order chi connectivity index (χ0) is 13.6. The molecule has 0 amide bonds. The van der Waals surface area contributed by atoms with E-state index < -0.39 is 28.6 Å². The number of aliphatic imine (C=N–C) groups is 1. The van der Waals surface area contributed by atoms with E-state index in [-0.39, 0.29) is 6.61 Å². The van der Waals surface area contributed by atoms with Crippen LogP contribution < -0.4 is 0 Å². The first-order valence-corrected chi connectivity index (χ1v) is 4.95. The number of esters is 1. The van der Waals surface area contributed by atoms with Gasteiger partial charge in [-0.1, -0.05) is 24.3 Å². The third-order valence-electron chi connectivity index (χ3n) is 1.54. The van der Waals surface area contributed by atoms with Crippen LogP contribution in [0.15, 0.2) is 28.4 Å². The molecule has 0 spiro atoms. The molecule has 0 radical (unpaired) electrons. The van der Waals surface area contributed by atoms with E-state index >= 15 is 0 Å². The van der Waals surface area contributed by atoms with Gasteiger partial charge in [-0.25, -0.2) is 9.79 Å². The fourth-order valence-electron chi connectivity index (χ4n) is 0.958. The van der Waals surface area contributed by atoms with Crippen molar-refractivity contribution in [3.63, 3.8) is 0 Å². The van der Waals surface area contributed by atoms with Gasteiger partial charge in [0, 0.05) is 0 Å². The molecule has 0 atom stereocenters. The second kappa shape index (κ2) is 6.44. The van der Waals surface area contributed by atoms with Crippen LogP contribution in [0.1, 0.15) is 13.8 Å². The number of carbonyl (C=O) groups is 1. The molecule has 0 aliphatic carbocycles. The van der Waals surface area contributed by atoms with Crippen molar-refractivity contribution in [1.82, 2.24) is 0 Å². The standard InChI is InChI=1S/C10H11ClF3NO2/c1-4-7(9(16)17-5-2)8(10(12,13)14)15-6(3)11/h4H,3,5H2,1-2H3/b7-4+,15-8+. The van der Waals surface area contributed by atoms with Gasteiger partial charge in [-0.2, -0.15) is 13.2 Å². The highest BCUT2D eigenvalue weighted by atomic mass is 35.5. The zero-order valence-corrected chi connectivity index (χ0v) is 10.0. The second-order valence-electron chi connectivity index (χ2n) is 2.76. The quantitative estimate of drug-likeness (QED) is 0.340. The third-order valence-corrected chi connectivity index (χ3v) is 1.63. The molecule has 0 saturated carbocycles.